The van der Waals surface area contributed by atoms with Crippen LogP contribution in [0.1, 0.15) is 69.7 Å². The fraction of sp³-hybridized carbons (Fsp3) is 0.550. The van der Waals surface area contributed by atoms with E-state index in [9.17, 15) is 24.3 Å². The van der Waals surface area contributed by atoms with E-state index in [4.69, 9.17) is 0 Å². The third kappa shape index (κ3) is 3.95. The van der Waals surface area contributed by atoms with E-state index in [1.807, 2.05) is 26.8 Å². The van der Waals surface area contributed by atoms with E-state index in [1.165, 1.54) is 19.9 Å². The van der Waals surface area contributed by atoms with Gasteiger partial charge >= 0.3 is 7.60 Å². The molecule has 1 aromatic carbocycles. The van der Waals surface area contributed by atoms with Crippen molar-refractivity contribution >= 4 is 19.5 Å². The second-order valence-corrected chi connectivity index (χ2v) is 10.8. The second kappa shape index (κ2) is 6.95. The zero-order valence-electron chi connectivity index (χ0n) is 16.2. The van der Waals surface area contributed by atoms with E-state index in [1.54, 1.807) is 6.08 Å². The van der Waals surface area contributed by atoms with Crippen LogP contribution in [0.5, 0.6) is 5.75 Å². The molecule has 0 atom stereocenters. The third-order valence-corrected chi connectivity index (χ3v) is 6.89. The van der Waals surface area contributed by atoms with Crippen LogP contribution >= 0.6 is 7.60 Å². The van der Waals surface area contributed by atoms with Crippen molar-refractivity contribution < 1.29 is 24.3 Å². The smallest absolute Gasteiger partial charge is 0.338 e. The Labute approximate surface area is 155 Å². The van der Waals surface area contributed by atoms with Crippen LogP contribution in [0, 0.1) is 0 Å². The average Bonchev–Trinajstić information content (AvgIpc) is 2.51. The van der Waals surface area contributed by atoms with Crippen LogP contribution in [-0.2, 0) is 27.6 Å². The van der Waals surface area contributed by atoms with Gasteiger partial charge in [-0.2, -0.15) is 0 Å². The maximum Gasteiger partial charge on any atom is 0.338 e. The Bertz CT molecular complexity index is 793. The lowest BCUT2D eigenvalue weighted by Gasteiger charge is -2.27. The number of carbonyl (C=O) groups excluding carboxylic acids is 1. The van der Waals surface area contributed by atoms with Crippen LogP contribution in [0.2, 0.25) is 0 Å². The molecule has 0 saturated carbocycles. The maximum absolute atomic E-state index is 12.4. The number of allylic oxidation sites excluding steroid dienone is 1. The van der Waals surface area contributed by atoms with Crippen molar-refractivity contribution in [2.24, 2.45) is 0 Å². The molecule has 0 heterocycles. The van der Waals surface area contributed by atoms with Crippen LogP contribution in [0.3, 0.4) is 0 Å². The summed E-state index contributed by atoms with van der Waals surface area (Å²) in [6.07, 6.45) is 6.55. The van der Waals surface area contributed by atoms with Crippen LogP contribution in [0.4, 0.5) is 0 Å². The topological polar surface area (TPSA) is 94.8 Å². The molecule has 0 saturated heterocycles. The predicted molar refractivity (Wildman–Crippen MR) is 104 cm³/mol. The lowest BCUT2D eigenvalue weighted by atomic mass is 9.78. The molecule has 3 N–H and O–H groups in total. The van der Waals surface area contributed by atoms with Crippen LogP contribution in [0.15, 0.2) is 12.1 Å². The average molecular weight is 380 g/mol. The minimum atomic E-state index is -4.55. The van der Waals surface area contributed by atoms with Gasteiger partial charge in [0.25, 0.3) is 0 Å². The first-order valence-electron chi connectivity index (χ1n) is 8.93. The van der Waals surface area contributed by atoms with Gasteiger partial charge in [-0.1, -0.05) is 26.8 Å². The Balaban J connectivity index is 2.53. The molecular formula is C20H29O5P. The SMILES string of the molecule is CC(C)(C)c1cc(C=CC(=O)C(C)(C)P(=O)(O)O)c2c(c1O)CCCC2. The molecular weight excluding hydrogens is 351 g/mol. The molecule has 26 heavy (non-hydrogen) atoms. The van der Waals surface area contributed by atoms with E-state index in [0.717, 1.165) is 47.9 Å². The molecule has 0 radical (unpaired) electrons. The molecule has 0 aromatic heterocycles. The molecule has 0 bridgehead atoms. The Morgan fingerprint density at radius 3 is 2.12 bits per heavy atom. The molecule has 1 aliphatic carbocycles. The molecule has 0 amide bonds. The van der Waals surface area contributed by atoms with Gasteiger partial charge in [-0.25, -0.2) is 0 Å². The standard InChI is InChI=1S/C20H29O5P/c1-19(2,3)16-12-13(14-8-6-7-9-15(14)18(16)22)10-11-17(21)20(4,5)26(23,24)25/h10-12,22H,6-9H2,1-5H3,(H2,23,24,25). The van der Waals surface area contributed by atoms with Gasteiger partial charge < -0.3 is 14.9 Å². The van der Waals surface area contributed by atoms with Gasteiger partial charge in [0.1, 0.15) is 10.9 Å². The Morgan fingerprint density at radius 2 is 1.62 bits per heavy atom. The molecule has 1 aliphatic rings. The van der Waals surface area contributed by atoms with E-state index in [2.05, 4.69) is 0 Å². The van der Waals surface area contributed by atoms with Crippen molar-refractivity contribution in [3.05, 3.63) is 34.4 Å². The molecule has 5 nitrogen and oxygen atoms in total. The summed E-state index contributed by atoms with van der Waals surface area (Å²) < 4.78 is 11.6. The van der Waals surface area contributed by atoms with E-state index in [-0.39, 0.29) is 5.41 Å². The number of benzene rings is 1. The fourth-order valence-corrected chi connectivity index (χ4v) is 3.55. The third-order valence-electron chi connectivity index (χ3n) is 5.21. The predicted octanol–water partition coefficient (Wildman–Crippen LogP) is 4.11. The van der Waals surface area contributed by atoms with E-state index in [0.29, 0.717) is 5.75 Å². The number of phenolic OH excluding ortho intramolecular Hbond substituents is 1. The minimum Gasteiger partial charge on any atom is -0.507 e. The van der Waals surface area contributed by atoms with E-state index < -0.39 is 18.5 Å². The summed E-state index contributed by atoms with van der Waals surface area (Å²) in [5.41, 5.74) is 3.37. The Kier molecular flexibility index (Phi) is 5.59. The number of phenols is 1. The maximum atomic E-state index is 12.4. The number of carbonyl (C=O) groups is 1. The number of rotatable bonds is 4. The first-order chi connectivity index (χ1) is 11.8. The first-order valence-corrected chi connectivity index (χ1v) is 10.5. The number of fused-ring (bicyclic) bond motifs is 1. The molecule has 2 rings (SSSR count). The van der Waals surface area contributed by atoms with Gasteiger partial charge in [0.05, 0.1) is 0 Å². The van der Waals surface area contributed by atoms with Crippen molar-refractivity contribution in [3.8, 4) is 5.75 Å². The van der Waals surface area contributed by atoms with Crippen molar-refractivity contribution in [1.29, 1.82) is 0 Å². The lowest BCUT2D eigenvalue weighted by molar-refractivity contribution is -0.116. The fourth-order valence-electron chi connectivity index (χ4n) is 3.19. The van der Waals surface area contributed by atoms with Crippen LogP contribution in [-0.4, -0.2) is 25.8 Å². The summed E-state index contributed by atoms with van der Waals surface area (Å²) in [6, 6.07) is 1.90. The molecule has 6 heteroatoms. The molecule has 0 unspecified atom stereocenters. The van der Waals surface area contributed by atoms with Crippen LogP contribution in [0.25, 0.3) is 6.08 Å². The summed E-state index contributed by atoms with van der Waals surface area (Å²) in [6.45, 7) is 8.58. The minimum absolute atomic E-state index is 0.256. The summed E-state index contributed by atoms with van der Waals surface area (Å²) in [5, 5.41) is 8.96. The summed E-state index contributed by atoms with van der Waals surface area (Å²) in [4.78, 5) is 31.2. The van der Waals surface area contributed by atoms with Crippen molar-refractivity contribution in [1.82, 2.24) is 0 Å². The van der Waals surface area contributed by atoms with Crippen molar-refractivity contribution in [2.75, 3.05) is 0 Å². The van der Waals surface area contributed by atoms with E-state index >= 15 is 0 Å². The molecule has 144 valence electrons. The highest BCUT2D eigenvalue weighted by atomic mass is 31.2. The highest BCUT2D eigenvalue weighted by Crippen LogP contribution is 2.50. The number of hydrogen-bond acceptors (Lipinski definition) is 3. The molecule has 1 aromatic rings. The molecule has 0 spiro atoms. The van der Waals surface area contributed by atoms with Crippen molar-refractivity contribution in [2.45, 2.75) is 70.9 Å². The van der Waals surface area contributed by atoms with Gasteiger partial charge in [0.2, 0.25) is 0 Å². The van der Waals surface area contributed by atoms with Crippen molar-refractivity contribution in [3.63, 3.8) is 0 Å². The second-order valence-electron chi connectivity index (χ2n) is 8.58. The summed E-state index contributed by atoms with van der Waals surface area (Å²) in [5.74, 6) is -0.271. The van der Waals surface area contributed by atoms with Gasteiger partial charge in [-0.15, -0.1) is 0 Å². The Morgan fingerprint density at radius 1 is 1.08 bits per heavy atom. The van der Waals surface area contributed by atoms with Gasteiger partial charge in [0.15, 0.2) is 5.78 Å². The molecule has 0 aliphatic heterocycles. The quantitative estimate of drug-likeness (QED) is 0.540. The Hall–Kier alpha value is -1.42. The number of hydrogen-bond donors (Lipinski definition) is 3. The number of aromatic hydroxyl groups is 1. The highest BCUT2D eigenvalue weighted by Gasteiger charge is 2.43. The highest BCUT2D eigenvalue weighted by molar-refractivity contribution is 7.54. The van der Waals surface area contributed by atoms with Gasteiger partial charge in [-0.05, 0) is 73.8 Å². The zero-order valence-corrected chi connectivity index (χ0v) is 17.1. The summed E-state index contributed by atoms with van der Waals surface area (Å²) >= 11 is 0. The summed E-state index contributed by atoms with van der Waals surface area (Å²) in [7, 11) is -4.55. The normalized spacial score (nSPS) is 16.0. The number of ketones is 1. The zero-order chi connectivity index (χ0) is 19.9. The lowest BCUT2D eigenvalue weighted by Crippen LogP contribution is -2.29. The van der Waals surface area contributed by atoms with Crippen LogP contribution < -0.4 is 0 Å². The van der Waals surface area contributed by atoms with Gasteiger partial charge in [-0.3, -0.25) is 9.36 Å². The first kappa shape index (κ1) is 20.9. The molecule has 0 fully saturated rings. The van der Waals surface area contributed by atoms with Gasteiger partial charge in [0, 0.05) is 5.56 Å². The largest absolute Gasteiger partial charge is 0.507 e. The monoisotopic (exact) mass is 380 g/mol.